The lowest BCUT2D eigenvalue weighted by Crippen LogP contribution is -2.54. The molecule has 0 radical (unpaired) electrons. The molecule has 1 aromatic heterocycles. The van der Waals surface area contributed by atoms with Crippen molar-refractivity contribution < 1.29 is 34.2 Å². The summed E-state index contributed by atoms with van der Waals surface area (Å²) in [7, 11) is 0. The number of H-pyrrole nitrogens is 1. The van der Waals surface area contributed by atoms with Crippen molar-refractivity contribution in [3.63, 3.8) is 0 Å². The Bertz CT molecular complexity index is 1100. The number of rotatable bonds is 16. The van der Waals surface area contributed by atoms with Crippen LogP contribution in [0.3, 0.4) is 0 Å². The van der Waals surface area contributed by atoms with E-state index < -0.39 is 60.8 Å². The minimum atomic E-state index is -1.42. The maximum Gasteiger partial charge on any atom is 0.326 e. The third-order valence-corrected chi connectivity index (χ3v) is 5.74. The highest BCUT2D eigenvalue weighted by Gasteiger charge is 2.26. The summed E-state index contributed by atoms with van der Waals surface area (Å²) in [5.41, 5.74) is 13.1. The molecule has 1 aromatic carbocycles. The first-order chi connectivity index (χ1) is 17.6. The Kier molecular flexibility index (Phi) is 11.5. The fourth-order valence-corrected chi connectivity index (χ4v) is 3.71. The zero-order valence-electron chi connectivity index (χ0n) is 20.4. The number of nitrogens with one attached hydrogen (secondary N) is 4. The number of amides is 3. The van der Waals surface area contributed by atoms with E-state index in [9.17, 15) is 29.1 Å². The first-order valence-electron chi connectivity index (χ1n) is 11.9. The van der Waals surface area contributed by atoms with Crippen LogP contribution in [0.25, 0.3) is 10.9 Å². The van der Waals surface area contributed by atoms with Gasteiger partial charge in [0.05, 0.1) is 12.6 Å². The second-order valence-corrected chi connectivity index (χ2v) is 8.62. The number of aliphatic carboxylic acids is 2. The zero-order valence-corrected chi connectivity index (χ0v) is 20.4. The summed E-state index contributed by atoms with van der Waals surface area (Å²) >= 11 is 0. The number of aromatic amines is 1. The summed E-state index contributed by atoms with van der Waals surface area (Å²) in [5, 5.41) is 26.0. The quantitative estimate of drug-likeness (QED) is 0.130. The molecule has 0 bridgehead atoms. The van der Waals surface area contributed by atoms with Crippen LogP contribution < -0.4 is 27.4 Å². The van der Waals surface area contributed by atoms with E-state index in [-0.39, 0.29) is 12.8 Å². The molecule has 1 heterocycles. The Morgan fingerprint density at radius 3 is 2.35 bits per heavy atom. The molecule has 3 amide bonds. The van der Waals surface area contributed by atoms with E-state index in [1.807, 2.05) is 24.3 Å². The predicted octanol–water partition coefficient (Wildman–Crippen LogP) is -0.798. The van der Waals surface area contributed by atoms with Crippen molar-refractivity contribution in [3.05, 3.63) is 36.0 Å². The number of hydrogen-bond donors (Lipinski definition) is 8. The van der Waals surface area contributed by atoms with Crippen molar-refractivity contribution >= 4 is 40.6 Å². The molecule has 37 heavy (non-hydrogen) atoms. The van der Waals surface area contributed by atoms with Gasteiger partial charge in [0.25, 0.3) is 0 Å². The van der Waals surface area contributed by atoms with Crippen LogP contribution in [0.15, 0.2) is 30.5 Å². The van der Waals surface area contributed by atoms with E-state index in [2.05, 4.69) is 20.9 Å². The minimum absolute atomic E-state index is 0.106. The Morgan fingerprint density at radius 1 is 0.946 bits per heavy atom. The summed E-state index contributed by atoms with van der Waals surface area (Å²) in [6.45, 7) is -0.0977. The molecule has 2 rings (SSSR count). The largest absolute Gasteiger partial charge is 0.481 e. The van der Waals surface area contributed by atoms with E-state index in [0.29, 0.717) is 25.8 Å². The molecule has 13 heteroatoms. The maximum absolute atomic E-state index is 13.0. The number of carboxylic acid groups (broad SMARTS) is 2. The third-order valence-electron chi connectivity index (χ3n) is 5.74. The Hall–Kier alpha value is -3.97. The first kappa shape index (κ1) is 29.3. The maximum atomic E-state index is 13.0. The van der Waals surface area contributed by atoms with Gasteiger partial charge in [-0.15, -0.1) is 0 Å². The van der Waals surface area contributed by atoms with E-state index in [0.717, 1.165) is 16.5 Å². The van der Waals surface area contributed by atoms with E-state index in [4.69, 9.17) is 16.6 Å². The normalized spacial score (nSPS) is 13.4. The number of carbonyl (C=O) groups excluding carboxylic acids is 3. The molecule has 0 fully saturated rings. The Balaban J connectivity index is 2.07. The molecule has 13 nitrogen and oxygen atoms in total. The van der Waals surface area contributed by atoms with Crippen molar-refractivity contribution in [2.75, 3.05) is 13.1 Å². The minimum Gasteiger partial charge on any atom is -0.481 e. The number of carbonyl (C=O) groups is 5. The number of unbranched alkanes of at least 4 members (excludes halogenated alkanes) is 1. The lowest BCUT2D eigenvalue weighted by molar-refractivity contribution is -0.143. The van der Waals surface area contributed by atoms with Gasteiger partial charge in [-0.1, -0.05) is 24.6 Å². The van der Waals surface area contributed by atoms with Gasteiger partial charge >= 0.3 is 11.9 Å². The van der Waals surface area contributed by atoms with Crippen LogP contribution in [0.2, 0.25) is 0 Å². The average Bonchev–Trinajstić information content (AvgIpc) is 3.27. The van der Waals surface area contributed by atoms with Gasteiger partial charge in [-0.2, -0.15) is 0 Å². The molecule has 0 aliphatic heterocycles. The second-order valence-electron chi connectivity index (χ2n) is 8.62. The van der Waals surface area contributed by atoms with Gasteiger partial charge in [0, 0.05) is 29.9 Å². The first-order valence-corrected chi connectivity index (χ1v) is 11.9. The summed E-state index contributed by atoms with van der Waals surface area (Å²) in [6.07, 6.45) is 2.82. The molecular weight excluding hydrogens is 484 g/mol. The van der Waals surface area contributed by atoms with Gasteiger partial charge < -0.3 is 42.6 Å². The van der Waals surface area contributed by atoms with Crippen molar-refractivity contribution in [1.29, 1.82) is 0 Å². The predicted molar refractivity (Wildman–Crippen MR) is 134 cm³/mol. The third kappa shape index (κ3) is 9.54. The lowest BCUT2D eigenvalue weighted by Gasteiger charge is -2.21. The fourth-order valence-electron chi connectivity index (χ4n) is 3.71. The summed E-state index contributed by atoms with van der Waals surface area (Å²) < 4.78 is 0. The van der Waals surface area contributed by atoms with Gasteiger partial charge in [-0.3, -0.25) is 19.2 Å². The van der Waals surface area contributed by atoms with Crippen LogP contribution in [0.1, 0.15) is 37.7 Å². The summed E-state index contributed by atoms with van der Waals surface area (Å²) in [6, 6.07) is 4.10. The standard InChI is InChI=1S/C24H34N6O7/c25-10-4-3-6-16(26)22(34)30-19(11-14-12-27-17-7-2-1-5-15(14)17)23(35)28-13-20(31)29-18(24(36)37)8-9-21(32)33/h1-2,5,7,12,16,18-19,27H,3-4,6,8-11,13,25-26H2,(H,28,35)(H,29,31)(H,30,34)(H,32,33)(H,36,37). The molecule has 0 saturated carbocycles. The zero-order chi connectivity index (χ0) is 27.4. The summed E-state index contributed by atoms with van der Waals surface area (Å²) in [4.78, 5) is 63.0. The molecule has 0 saturated heterocycles. The fraction of sp³-hybridized carbons (Fsp3) is 0.458. The summed E-state index contributed by atoms with van der Waals surface area (Å²) in [5.74, 6) is -4.61. The van der Waals surface area contributed by atoms with Crippen molar-refractivity contribution in [2.45, 2.75) is 56.7 Å². The smallest absolute Gasteiger partial charge is 0.326 e. The highest BCUT2D eigenvalue weighted by Crippen LogP contribution is 2.19. The van der Waals surface area contributed by atoms with Crippen molar-refractivity contribution in [3.8, 4) is 0 Å². The Morgan fingerprint density at radius 2 is 1.68 bits per heavy atom. The van der Waals surface area contributed by atoms with Crippen LogP contribution in [0.5, 0.6) is 0 Å². The van der Waals surface area contributed by atoms with Gasteiger partial charge in [0.2, 0.25) is 17.7 Å². The number of para-hydroxylation sites is 1. The van der Waals surface area contributed by atoms with Crippen molar-refractivity contribution in [2.24, 2.45) is 11.5 Å². The van der Waals surface area contributed by atoms with Gasteiger partial charge in [0.1, 0.15) is 12.1 Å². The molecule has 0 spiro atoms. The highest BCUT2D eigenvalue weighted by atomic mass is 16.4. The van der Waals surface area contributed by atoms with Gasteiger partial charge in [-0.05, 0) is 37.4 Å². The molecule has 3 atom stereocenters. The number of aromatic nitrogens is 1. The monoisotopic (exact) mass is 518 g/mol. The van der Waals surface area contributed by atoms with E-state index in [1.54, 1.807) is 6.20 Å². The van der Waals surface area contributed by atoms with Gasteiger partial charge in [0.15, 0.2) is 0 Å². The number of fused-ring (bicyclic) bond motifs is 1. The number of benzene rings is 1. The average molecular weight is 519 g/mol. The molecule has 0 aliphatic rings. The second kappa shape index (κ2) is 14.6. The lowest BCUT2D eigenvalue weighted by atomic mass is 10.0. The molecule has 3 unspecified atom stereocenters. The number of nitrogens with two attached hydrogens (primary N) is 2. The highest BCUT2D eigenvalue weighted by molar-refractivity contribution is 5.93. The van der Waals surface area contributed by atoms with E-state index in [1.165, 1.54) is 0 Å². The van der Waals surface area contributed by atoms with Crippen LogP contribution >= 0.6 is 0 Å². The number of carboxylic acids is 2. The topological polar surface area (TPSA) is 230 Å². The van der Waals surface area contributed by atoms with Crippen LogP contribution in [-0.2, 0) is 30.4 Å². The van der Waals surface area contributed by atoms with Crippen LogP contribution in [0, 0.1) is 0 Å². The molecule has 2 aromatic rings. The molecular formula is C24H34N6O7. The SMILES string of the molecule is NCCCCC(N)C(=O)NC(Cc1c[nH]c2ccccc12)C(=O)NCC(=O)NC(CCC(=O)O)C(=O)O. The van der Waals surface area contributed by atoms with Crippen LogP contribution in [0.4, 0.5) is 0 Å². The van der Waals surface area contributed by atoms with Crippen LogP contribution in [-0.4, -0.2) is 76.1 Å². The Labute approximate surface area is 213 Å². The molecule has 202 valence electrons. The molecule has 10 N–H and O–H groups in total. The van der Waals surface area contributed by atoms with E-state index >= 15 is 0 Å². The number of hydrogen-bond acceptors (Lipinski definition) is 7. The molecule has 0 aliphatic carbocycles. The van der Waals surface area contributed by atoms with Gasteiger partial charge in [-0.25, -0.2) is 4.79 Å². The van der Waals surface area contributed by atoms with Crippen molar-refractivity contribution in [1.82, 2.24) is 20.9 Å².